The first-order chi connectivity index (χ1) is 22.7. The van der Waals surface area contributed by atoms with Gasteiger partial charge in [0, 0.05) is 54.9 Å². The number of piperidine rings is 1. The van der Waals surface area contributed by atoms with Gasteiger partial charge < -0.3 is 19.9 Å². The molecule has 1 fully saturated rings. The summed E-state index contributed by atoms with van der Waals surface area (Å²) in [5.74, 6) is -0.889. The van der Waals surface area contributed by atoms with Crippen LogP contribution in [-0.2, 0) is 17.8 Å². The number of aromatic nitrogens is 5. The van der Waals surface area contributed by atoms with Crippen LogP contribution in [0.5, 0.6) is 5.75 Å². The minimum Gasteiger partial charge on any atom is -0.434 e. The molecule has 11 nitrogen and oxygen atoms in total. The second kappa shape index (κ2) is 14.3. The Morgan fingerprint density at radius 1 is 1.13 bits per heavy atom. The van der Waals surface area contributed by atoms with Crippen LogP contribution in [0.2, 0.25) is 5.02 Å². The molecule has 1 N–H and O–H groups in total. The average molecular weight is 663 g/mol. The summed E-state index contributed by atoms with van der Waals surface area (Å²) in [7, 11) is 2.12. The molecule has 0 saturated carbocycles. The molecular weight excluding hydrogens is 630 g/mol. The molecule has 47 heavy (non-hydrogen) atoms. The fourth-order valence-corrected chi connectivity index (χ4v) is 5.96. The number of anilines is 1. The number of carbonyl (C=O) groups excluding carboxylic acids is 2. The highest BCUT2D eigenvalue weighted by molar-refractivity contribution is 6.31. The van der Waals surface area contributed by atoms with Crippen LogP contribution < -0.4 is 10.1 Å². The largest absolute Gasteiger partial charge is 0.434 e. The van der Waals surface area contributed by atoms with Crippen molar-refractivity contribution in [3.05, 3.63) is 95.5 Å². The Hall–Kier alpha value is -4.88. The number of rotatable bonds is 11. The third-order valence-corrected chi connectivity index (χ3v) is 8.52. The summed E-state index contributed by atoms with van der Waals surface area (Å²) in [6, 6.07) is 16.5. The normalized spacial score (nSPS) is 13.9. The number of nitrogens with zero attached hydrogens (tertiary/aromatic N) is 7. The maximum Gasteiger partial charge on any atom is 0.387 e. The van der Waals surface area contributed by atoms with E-state index < -0.39 is 12.5 Å². The summed E-state index contributed by atoms with van der Waals surface area (Å²) in [5.41, 5.74) is 2.20. The lowest BCUT2D eigenvalue weighted by Gasteiger charge is -2.36. The van der Waals surface area contributed by atoms with E-state index in [1.165, 1.54) is 51.6 Å². The molecule has 3 aromatic heterocycles. The molecule has 5 aromatic rings. The maximum absolute atomic E-state index is 13.4. The summed E-state index contributed by atoms with van der Waals surface area (Å²) in [4.78, 5) is 35.2. The van der Waals surface area contributed by atoms with Crippen LogP contribution in [0.1, 0.15) is 28.8 Å². The highest BCUT2D eigenvalue weighted by Gasteiger charge is 2.27. The van der Waals surface area contributed by atoms with Gasteiger partial charge in [0.2, 0.25) is 5.91 Å². The second-order valence-corrected chi connectivity index (χ2v) is 11.8. The van der Waals surface area contributed by atoms with Crippen molar-refractivity contribution in [1.29, 1.82) is 0 Å². The number of amides is 2. The van der Waals surface area contributed by atoms with Gasteiger partial charge in [-0.1, -0.05) is 41.9 Å². The topological polar surface area (TPSA) is 110 Å². The van der Waals surface area contributed by atoms with E-state index in [0.29, 0.717) is 24.8 Å². The van der Waals surface area contributed by atoms with Crippen molar-refractivity contribution in [1.82, 2.24) is 34.2 Å². The third-order valence-electron chi connectivity index (χ3n) is 8.28. The maximum atomic E-state index is 13.4. The number of fused-ring (bicyclic) bond motifs is 1. The first-order valence-corrected chi connectivity index (χ1v) is 15.6. The van der Waals surface area contributed by atoms with E-state index in [0.717, 1.165) is 25.8 Å². The number of hydrogen-bond acceptors (Lipinski definition) is 7. The predicted molar refractivity (Wildman–Crippen MR) is 173 cm³/mol. The molecule has 1 aliphatic rings. The molecular formula is C33H33ClF2N8O3. The Morgan fingerprint density at radius 2 is 1.91 bits per heavy atom. The molecule has 2 amide bonds. The summed E-state index contributed by atoms with van der Waals surface area (Å²) in [6.45, 7) is -1.11. The van der Waals surface area contributed by atoms with Gasteiger partial charge in [0.25, 0.3) is 5.91 Å². The number of nitrogens with one attached hydrogen (secondary N) is 1. The Balaban J connectivity index is 1.18. The van der Waals surface area contributed by atoms with Crippen LogP contribution in [0.15, 0.2) is 79.4 Å². The number of ether oxygens (including phenoxy) is 1. The Morgan fingerprint density at radius 3 is 2.68 bits per heavy atom. The number of halogens is 3. The second-order valence-electron chi connectivity index (χ2n) is 11.3. The number of carbonyl (C=O) groups is 2. The zero-order chi connectivity index (χ0) is 32.9. The van der Waals surface area contributed by atoms with Gasteiger partial charge in [-0.25, -0.2) is 9.50 Å². The van der Waals surface area contributed by atoms with Gasteiger partial charge in [0.1, 0.15) is 23.6 Å². The number of likely N-dealkylation sites (N-methyl/N-ethyl adjacent to an activating group) is 1. The first-order valence-electron chi connectivity index (χ1n) is 15.2. The minimum absolute atomic E-state index is 0.104. The molecule has 0 atom stereocenters. The van der Waals surface area contributed by atoms with Gasteiger partial charge in [-0.05, 0) is 56.1 Å². The first kappa shape index (κ1) is 32.1. The molecule has 1 aliphatic heterocycles. The molecule has 4 heterocycles. The summed E-state index contributed by atoms with van der Waals surface area (Å²) >= 11 is 6.24. The highest BCUT2D eigenvalue weighted by atomic mass is 35.5. The van der Waals surface area contributed by atoms with Crippen molar-refractivity contribution in [2.45, 2.75) is 38.5 Å². The zero-order valence-corrected chi connectivity index (χ0v) is 26.4. The van der Waals surface area contributed by atoms with Gasteiger partial charge in [-0.15, -0.1) is 0 Å². The predicted octanol–water partition coefficient (Wildman–Crippen LogP) is 5.27. The van der Waals surface area contributed by atoms with E-state index >= 15 is 0 Å². The Labute approximate surface area is 274 Å². The average Bonchev–Trinajstić information content (AvgIpc) is 3.69. The van der Waals surface area contributed by atoms with Gasteiger partial charge >= 0.3 is 6.61 Å². The van der Waals surface area contributed by atoms with Crippen molar-refractivity contribution >= 4 is 34.7 Å². The number of hydrogen-bond donors (Lipinski definition) is 1. The Kier molecular flexibility index (Phi) is 9.73. The molecule has 0 aliphatic carbocycles. The van der Waals surface area contributed by atoms with Crippen LogP contribution in [0.25, 0.3) is 16.9 Å². The SMILES string of the molecule is CN(CCc1ccccc1)C1CCN(C(=O)Cn2cc(NC(=O)c3cnn4cccnc34)c(-c3cc(Cl)ccc3OC(F)F)n2)CC1. The molecule has 244 valence electrons. The van der Waals surface area contributed by atoms with E-state index in [9.17, 15) is 18.4 Å². The molecule has 0 bridgehead atoms. The lowest BCUT2D eigenvalue weighted by molar-refractivity contribution is -0.133. The minimum atomic E-state index is -3.11. The van der Waals surface area contributed by atoms with E-state index in [1.54, 1.807) is 17.2 Å². The molecule has 2 aromatic carbocycles. The van der Waals surface area contributed by atoms with Gasteiger partial charge in [0.15, 0.2) is 5.65 Å². The van der Waals surface area contributed by atoms with Crippen LogP contribution in [0.4, 0.5) is 14.5 Å². The van der Waals surface area contributed by atoms with E-state index in [2.05, 4.69) is 44.6 Å². The summed E-state index contributed by atoms with van der Waals surface area (Å²) < 4.78 is 34.2. The van der Waals surface area contributed by atoms with E-state index in [4.69, 9.17) is 16.3 Å². The van der Waals surface area contributed by atoms with Crippen molar-refractivity contribution in [3.8, 4) is 17.0 Å². The van der Waals surface area contributed by atoms with Gasteiger partial charge in [-0.3, -0.25) is 14.3 Å². The number of benzene rings is 2. The fraction of sp³-hybridized carbons (Fsp3) is 0.303. The van der Waals surface area contributed by atoms with Crippen molar-refractivity contribution in [2.75, 3.05) is 32.0 Å². The zero-order valence-electron chi connectivity index (χ0n) is 25.6. The van der Waals surface area contributed by atoms with Crippen LogP contribution in [-0.4, -0.2) is 85.3 Å². The molecule has 0 spiro atoms. The smallest absolute Gasteiger partial charge is 0.387 e. The Bertz CT molecular complexity index is 1860. The highest BCUT2D eigenvalue weighted by Crippen LogP contribution is 2.37. The molecule has 6 rings (SSSR count). The fourth-order valence-electron chi connectivity index (χ4n) is 5.78. The lowest BCUT2D eigenvalue weighted by Crippen LogP contribution is -2.46. The quantitative estimate of drug-likeness (QED) is 0.205. The molecule has 0 radical (unpaired) electrons. The molecule has 0 unspecified atom stereocenters. The number of alkyl halides is 2. The van der Waals surface area contributed by atoms with Gasteiger partial charge in [-0.2, -0.15) is 19.0 Å². The van der Waals surface area contributed by atoms with Crippen molar-refractivity contribution < 1.29 is 23.1 Å². The van der Waals surface area contributed by atoms with E-state index in [-0.39, 0.29) is 45.7 Å². The van der Waals surface area contributed by atoms with Crippen molar-refractivity contribution in [2.24, 2.45) is 0 Å². The lowest BCUT2D eigenvalue weighted by atomic mass is 10.0. The number of likely N-dealkylation sites (tertiary alicyclic amines) is 1. The van der Waals surface area contributed by atoms with E-state index in [1.807, 2.05) is 18.2 Å². The molecule has 14 heteroatoms. The monoisotopic (exact) mass is 662 g/mol. The third kappa shape index (κ3) is 7.58. The summed E-state index contributed by atoms with van der Waals surface area (Å²) in [5, 5.41) is 11.7. The van der Waals surface area contributed by atoms with Crippen LogP contribution >= 0.6 is 11.6 Å². The van der Waals surface area contributed by atoms with Gasteiger partial charge in [0.05, 0.1) is 11.9 Å². The molecule has 1 saturated heterocycles. The van der Waals surface area contributed by atoms with Crippen LogP contribution in [0, 0.1) is 0 Å². The standard InChI is InChI=1S/C33H33ClF2N8O3/c1-41(15-10-22-6-3-2-4-7-22)24-11-16-42(17-12-24)29(45)21-43-20-27(39-32(46)26-19-38-44-14-5-13-37-31(26)44)30(40-43)25-18-23(34)8-9-28(25)47-33(35)36/h2-9,13-14,18-20,24,33H,10-12,15-17,21H2,1H3,(H,39,46). The van der Waals surface area contributed by atoms with Crippen molar-refractivity contribution in [3.63, 3.8) is 0 Å². The van der Waals surface area contributed by atoms with Crippen LogP contribution in [0.3, 0.4) is 0 Å². The summed E-state index contributed by atoms with van der Waals surface area (Å²) in [6.07, 6.45) is 8.69.